The second kappa shape index (κ2) is 27.1. The molecule has 3 saturated carbocycles. The topological polar surface area (TPSA) is 439 Å². The number of aliphatic hydroxyl groups excluding tert-OH is 12. The number of aliphatic hydroxyl groups is 13. The second-order valence-electron chi connectivity index (χ2n) is 26.1. The first-order valence-electron chi connectivity index (χ1n) is 29.4. The maximum Gasteiger partial charge on any atom is 1.00 e. The largest absolute Gasteiger partial charge is 1.00 e. The minimum absolute atomic E-state index is 0. The zero-order valence-electron chi connectivity index (χ0n) is 49.4. The molecule has 85 heavy (non-hydrogen) atoms. The molecule has 0 amide bonds. The van der Waals surface area contributed by atoms with E-state index in [1.54, 1.807) is 20.8 Å². The third-order valence-corrected chi connectivity index (χ3v) is 20.8. The quantitative estimate of drug-likeness (QED) is 0.0279. The molecule has 0 bridgehead atoms. The summed E-state index contributed by atoms with van der Waals surface area (Å²) in [4.78, 5) is 13.1. The number of ketones is 1. The smallest absolute Gasteiger partial charge is 0.726 e. The zero-order chi connectivity index (χ0) is 61.6. The van der Waals surface area contributed by atoms with E-state index < -0.39 is 206 Å². The van der Waals surface area contributed by atoms with Gasteiger partial charge in [-0.1, -0.05) is 39.3 Å². The minimum atomic E-state index is -5.13. The van der Waals surface area contributed by atoms with Gasteiger partial charge >= 0.3 is 29.6 Å². The van der Waals surface area contributed by atoms with E-state index in [1.807, 2.05) is 0 Å². The van der Waals surface area contributed by atoms with E-state index in [-0.39, 0.29) is 78.3 Å². The van der Waals surface area contributed by atoms with Crippen LogP contribution in [0.4, 0.5) is 0 Å². The Morgan fingerprint density at radius 1 is 0.659 bits per heavy atom. The molecule has 28 unspecified atom stereocenters. The van der Waals surface area contributed by atoms with Gasteiger partial charge in [0.2, 0.25) is 10.4 Å². The molecule has 0 spiro atoms. The Labute approximate surface area is 516 Å². The number of allylic oxidation sites excluding steroid dienone is 2. The summed E-state index contributed by atoms with van der Waals surface area (Å²) in [5.74, 6) is -1.29. The molecule has 0 aromatic rings. The van der Waals surface area contributed by atoms with Crippen LogP contribution < -0.4 is 29.6 Å². The van der Waals surface area contributed by atoms with Gasteiger partial charge in [0, 0.05) is 12.3 Å². The molecular weight excluding hydrogens is 1160 g/mol. The maximum absolute atomic E-state index is 13.1. The standard InChI is InChI=1S/C55H90O28S.Na/c1-20(2)29(57)17-55(8,69)33-10-9-26-25-16-30(28-15-24(83-84(70,71)72)11-13-53(28,6)27(25)12-14-54(26,33)7)77-50-44(68)45(36(60)23(5)76-50)80-51-46(81-48-42(66)39(63)34(58)21(3)74-48)38(62)32(19-73-51)79-52-47(41(65)37(61)31(18-56)78-52)82-49-43(67)40(64)35(59)22(4)75-49;/h12,20-26,28,30-52,56,58-69H,9-11,13-19H2,1-8H3,(H,70,71,72);/q;+1/p-1/t21?,22?,23?,24-,25?,26?,28?,30-,31?,32?,33-,34?,35?,36?,37?,38?,39?,40?,41?,42?,43?,44?,45?,46?,47?,48?,49?,50?,51?,52?,53+,54-,55?;/m0./s1. The fourth-order valence-electron chi connectivity index (χ4n) is 15.4. The van der Waals surface area contributed by atoms with Crippen LogP contribution in [0.3, 0.4) is 0 Å². The molecule has 28 nitrogen and oxygen atoms in total. The second-order valence-corrected chi connectivity index (χ2v) is 27.1. The Balaban J connectivity index is 0.00000940. The zero-order valence-corrected chi connectivity index (χ0v) is 52.2. The molecular formula is C55H89NaO28S. The molecule has 5 heterocycles. The predicted octanol–water partition coefficient (Wildman–Crippen LogP) is -6.41. The van der Waals surface area contributed by atoms with Crippen molar-refractivity contribution in [1.29, 1.82) is 0 Å². The molecule has 0 aromatic carbocycles. The Kier molecular flexibility index (Phi) is 22.4. The van der Waals surface area contributed by atoms with Crippen molar-refractivity contribution in [2.45, 2.75) is 272 Å². The first-order chi connectivity index (χ1) is 39.2. The van der Waals surface area contributed by atoms with E-state index >= 15 is 0 Å². The van der Waals surface area contributed by atoms with Gasteiger partial charge in [-0.15, -0.1) is 0 Å². The molecule has 4 aliphatic carbocycles. The van der Waals surface area contributed by atoms with Crippen LogP contribution in [-0.2, 0) is 66.7 Å². The van der Waals surface area contributed by atoms with Crippen molar-refractivity contribution < 1.29 is 165 Å². The molecule has 33 atom stereocenters. The van der Waals surface area contributed by atoms with Crippen molar-refractivity contribution in [3.05, 3.63) is 11.6 Å². The number of carbonyl (C=O) groups excluding carboxylic acids is 1. The van der Waals surface area contributed by atoms with Crippen molar-refractivity contribution in [3.63, 3.8) is 0 Å². The van der Waals surface area contributed by atoms with Crippen LogP contribution in [0.15, 0.2) is 11.6 Å². The molecule has 13 N–H and O–H groups in total. The fraction of sp³-hybridized carbons (Fsp3) is 0.945. The number of carbonyl (C=O) groups is 1. The summed E-state index contributed by atoms with van der Waals surface area (Å²) in [5, 5.41) is 145. The summed E-state index contributed by atoms with van der Waals surface area (Å²) in [5.41, 5.74) is -1.32. The van der Waals surface area contributed by atoms with Gasteiger partial charge in [0.15, 0.2) is 31.5 Å². The van der Waals surface area contributed by atoms with Gasteiger partial charge in [-0.05, 0) is 107 Å². The number of hydrogen-bond acceptors (Lipinski definition) is 28. The third kappa shape index (κ3) is 13.9. The molecule has 5 saturated heterocycles. The number of ether oxygens (including phenoxy) is 10. The molecule has 8 fully saturated rings. The fourth-order valence-corrected chi connectivity index (χ4v) is 15.9. The first kappa shape index (κ1) is 70.2. The van der Waals surface area contributed by atoms with Crippen LogP contribution in [0.5, 0.6) is 0 Å². The van der Waals surface area contributed by atoms with Crippen LogP contribution in [0, 0.1) is 40.4 Å². The molecule has 9 aliphatic rings. The van der Waals surface area contributed by atoms with Crippen molar-refractivity contribution in [2.75, 3.05) is 13.2 Å². The molecule has 484 valence electrons. The Morgan fingerprint density at radius 2 is 1.20 bits per heavy atom. The van der Waals surface area contributed by atoms with E-state index in [4.69, 9.17) is 51.6 Å². The van der Waals surface area contributed by atoms with Gasteiger partial charge in [0.05, 0.1) is 49.3 Å². The van der Waals surface area contributed by atoms with E-state index in [0.29, 0.717) is 32.1 Å². The Morgan fingerprint density at radius 3 is 1.76 bits per heavy atom. The van der Waals surface area contributed by atoms with Gasteiger partial charge in [0.25, 0.3) is 0 Å². The third-order valence-electron chi connectivity index (χ3n) is 20.3. The Hall–Kier alpha value is -0.640. The van der Waals surface area contributed by atoms with Crippen LogP contribution in [-0.4, -0.2) is 264 Å². The van der Waals surface area contributed by atoms with Crippen molar-refractivity contribution in [2.24, 2.45) is 40.4 Å². The van der Waals surface area contributed by atoms with E-state index in [0.717, 1.165) is 5.57 Å². The number of hydrogen-bond donors (Lipinski definition) is 13. The van der Waals surface area contributed by atoms with Gasteiger partial charge in [-0.3, -0.25) is 8.98 Å². The molecule has 0 aromatic heterocycles. The van der Waals surface area contributed by atoms with Crippen molar-refractivity contribution in [1.82, 2.24) is 0 Å². The van der Waals surface area contributed by atoms with E-state index in [2.05, 4.69) is 19.9 Å². The summed E-state index contributed by atoms with van der Waals surface area (Å²) in [6.45, 7) is 12.2. The van der Waals surface area contributed by atoms with Gasteiger partial charge < -0.3 is 118 Å². The van der Waals surface area contributed by atoms with Gasteiger partial charge in [-0.25, -0.2) is 8.42 Å². The molecule has 5 aliphatic heterocycles. The number of Topliss-reactive ketones (excluding diaryl/α,β-unsaturated/α-hetero) is 1. The Bertz CT molecular complexity index is 2410. The van der Waals surface area contributed by atoms with Gasteiger partial charge in [-0.2, -0.15) is 0 Å². The molecule has 30 heteroatoms. The average molecular weight is 1250 g/mol. The maximum atomic E-state index is 13.1. The van der Waals surface area contributed by atoms with Crippen molar-refractivity contribution in [3.8, 4) is 0 Å². The number of rotatable bonds is 17. The molecule has 0 radical (unpaired) electrons. The summed E-state index contributed by atoms with van der Waals surface area (Å²) in [7, 11) is -5.13. The average Bonchev–Trinajstić information content (AvgIpc) is 1.95. The van der Waals surface area contributed by atoms with Gasteiger partial charge in [0.1, 0.15) is 103 Å². The SMILES string of the molecule is CC(C)C(=O)CC(C)(O)[C@H]1CCC2C3C[C@H](OC4OC(C)C(O)C(OC5OCC(OC6OC(CO)C(O)C(O)C6OC6OC(C)C(O)C(O)C6O)C(O)C5OC5OC(C)C(O)C(O)C5O)C4O)C4C[C@@H](OS(=O)(=O)[O-])CC[C@]4(C)C3=CC[C@@]21C.[Na+]. The van der Waals surface area contributed by atoms with Crippen molar-refractivity contribution >= 4 is 16.2 Å². The summed E-state index contributed by atoms with van der Waals surface area (Å²) >= 11 is 0. The number of fused-ring (bicyclic) bond motifs is 5. The monoisotopic (exact) mass is 1250 g/mol. The summed E-state index contributed by atoms with van der Waals surface area (Å²) in [6, 6.07) is 0. The first-order valence-corrected chi connectivity index (χ1v) is 30.7. The van der Waals surface area contributed by atoms with Crippen LogP contribution in [0.2, 0.25) is 0 Å². The normalized spacial score (nSPS) is 51.1. The van der Waals surface area contributed by atoms with Crippen LogP contribution in [0.1, 0.15) is 107 Å². The van der Waals surface area contributed by atoms with E-state index in [1.165, 1.54) is 20.8 Å². The molecule has 9 rings (SSSR count). The van der Waals surface area contributed by atoms with Crippen LogP contribution >= 0.6 is 0 Å². The van der Waals surface area contributed by atoms with E-state index in [9.17, 15) is 84.1 Å². The summed E-state index contributed by atoms with van der Waals surface area (Å²) < 4.78 is 102. The minimum Gasteiger partial charge on any atom is -0.726 e. The summed E-state index contributed by atoms with van der Waals surface area (Å²) in [6.07, 6.45) is -37.8. The van der Waals surface area contributed by atoms with Crippen LogP contribution in [0.25, 0.3) is 0 Å². The predicted molar refractivity (Wildman–Crippen MR) is 279 cm³/mol.